The Labute approximate surface area is 183 Å². The van der Waals surface area contributed by atoms with Crippen molar-refractivity contribution in [3.8, 4) is 0 Å². The molecule has 8 nitrogen and oxygen atoms in total. The van der Waals surface area contributed by atoms with Gasteiger partial charge in [-0.15, -0.1) is 0 Å². The molecule has 0 spiro atoms. The molecule has 3 rings (SSSR count). The lowest BCUT2D eigenvalue weighted by molar-refractivity contribution is 0.235. The van der Waals surface area contributed by atoms with Crippen molar-refractivity contribution in [1.29, 1.82) is 0 Å². The highest BCUT2D eigenvalue weighted by Crippen LogP contribution is 2.28. The van der Waals surface area contributed by atoms with Crippen LogP contribution < -0.4 is 16.7 Å². The van der Waals surface area contributed by atoms with Crippen molar-refractivity contribution in [3.63, 3.8) is 0 Å². The topological polar surface area (TPSA) is 117 Å². The molecule has 0 radical (unpaired) electrons. The van der Waals surface area contributed by atoms with Crippen LogP contribution in [0.25, 0.3) is 11.0 Å². The highest BCUT2D eigenvalue weighted by Gasteiger charge is 2.21. The highest BCUT2D eigenvalue weighted by atomic mass is 16.3. The lowest BCUT2D eigenvalue weighted by atomic mass is 10.1. The average molecular weight is 426 g/mol. The van der Waals surface area contributed by atoms with Crippen molar-refractivity contribution in [2.24, 2.45) is 10.9 Å². The molecule has 5 N–H and O–H groups in total. The molecule has 31 heavy (non-hydrogen) atoms. The predicted molar refractivity (Wildman–Crippen MR) is 126 cm³/mol. The third kappa shape index (κ3) is 4.74. The van der Waals surface area contributed by atoms with Crippen molar-refractivity contribution in [2.75, 3.05) is 17.7 Å². The van der Waals surface area contributed by atoms with Gasteiger partial charge < -0.3 is 20.7 Å². The van der Waals surface area contributed by atoms with Crippen molar-refractivity contribution in [2.45, 2.75) is 66.1 Å². The number of aromatic nitrogens is 4. The summed E-state index contributed by atoms with van der Waals surface area (Å²) >= 11 is 0. The van der Waals surface area contributed by atoms with Crippen molar-refractivity contribution >= 4 is 22.5 Å². The molecule has 2 aromatic heterocycles. The number of nitrogen functional groups attached to an aromatic ring is 1. The number of benzene rings is 1. The Balaban J connectivity index is 2.23. The van der Waals surface area contributed by atoms with E-state index in [-0.39, 0.29) is 30.5 Å². The molecule has 168 valence electrons. The molecule has 2 heterocycles. The summed E-state index contributed by atoms with van der Waals surface area (Å²) in [5.41, 5.74) is 11.2. The van der Waals surface area contributed by atoms with E-state index >= 15 is 0 Å². The summed E-state index contributed by atoms with van der Waals surface area (Å²) in [7, 11) is 0. The van der Waals surface area contributed by atoms with E-state index in [0.717, 1.165) is 28.0 Å². The summed E-state index contributed by atoms with van der Waals surface area (Å²) < 4.78 is 2.11. The van der Waals surface area contributed by atoms with Gasteiger partial charge in [-0.3, -0.25) is 5.10 Å². The van der Waals surface area contributed by atoms with Gasteiger partial charge in [0, 0.05) is 18.3 Å². The van der Waals surface area contributed by atoms with Crippen LogP contribution in [0.1, 0.15) is 64.8 Å². The number of nitrogens with two attached hydrogens (primary N) is 1. The molecule has 1 atom stereocenters. The molecule has 0 saturated carbocycles. The van der Waals surface area contributed by atoms with E-state index in [1.807, 2.05) is 24.3 Å². The van der Waals surface area contributed by atoms with Crippen LogP contribution in [0, 0.1) is 5.92 Å². The number of rotatable bonds is 8. The molecule has 3 aromatic rings. The maximum absolute atomic E-state index is 9.88. The van der Waals surface area contributed by atoms with Gasteiger partial charge in [-0.2, -0.15) is 10.1 Å². The molecule has 0 aliphatic carbocycles. The second-order valence-electron chi connectivity index (χ2n) is 8.89. The lowest BCUT2D eigenvalue weighted by Gasteiger charge is -2.19. The summed E-state index contributed by atoms with van der Waals surface area (Å²) in [6, 6.07) is 7.65. The zero-order valence-electron chi connectivity index (χ0n) is 19.3. The summed E-state index contributed by atoms with van der Waals surface area (Å²) in [6.07, 6.45) is 0. The molecule has 0 saturated heterocycles. The second-order valence-corrected chi connectivity index (χ2v) is 8.89. The summed E-state index contributed by atoms with van der Waals surface area (Å²) in [5, 5.41) is 21.1. The number of para-hydroxylation sites is 1. The molecular formula is C23H35N7O. The number of hydrogen-bond donors (Lipinski definition) is 4. The number of nitrogens with one attached hydrogen (secondary N) is 2. The standard InChI is InChI=1S/C23H35N7O/c1-13(2)18(12-31)26-23-27-22(25-11-16-9-7-8-10-17(16)24)20-21(30(23)15(5)6)19(14(3)4)28-29-20/h7-10,13-15,18,31H,11-12,24H2,1-6H3,(H,28,29)(H,25,26,27). The van der Waals surface area contributed by atoms with Crippen molar-refractivity contribution in [3.05, 3.63) is 41.1 Å². The minimum atomic E-state index is -0.234. The van der Waals surface area contributed by atoms with E-state index in [1.54, 1.807) is 0 Å². The van der Waals surface area contributed by atoms with E-state index < -0.39 is 0 Å². The number of aliphatic hydroxyl groups is 1. The van der Waals surface area contributed by atoms with Gasteiger partial charge >= 0.3 is 0 Å². The first-order valence-corrected chi connectivity index (χ1v) is 11.0. The smallest absolute Gasteiger partial charge is 0.228 e. The number of hydrogen-bond acceptors (Lipinski definition) is 6. The van der Waals surface area contributed by atoms with Gasteiger partial charge in [0.25, 0.3) is 0 Å². The van der Waals surface area contributed by atoms with Gasteiger partial charge in [0.2, 0.25) is 5.62 Å². The third-order valence-electron chi connectivity index (χ3n) is 5.49. The average Bonchev–Trinajstić information content (AvgIpc) is 3.15. The Morgan fingerprint density at radius 2 is 1.87 bits per heavy atom. The molecule has 8 heteroatoms. The van der Waals surface area contributed by atoms with E-state index in [0.29, 0.717) is 18.0 Å². The van der Waals surface area contributed by atoms with Crippen LogP contribution in [0.4, 0.5) is 11.5 Å². The Hall–Kier alpha value is -2.87. The largest absolute Gasteiger partial charge is 0.398 e. The molecule has 0 fully saturated rings. The van der Waals surface area contributed by atoms with Gasteiger partial charge in [0.15, 0.2) is 11.3 Å². The van der Waals surface area contributed by atoms with E-state index in [1.165, 1.54) is 0 Å². The molecule has 0 aliphatic heterocycles. The van der Waals surface area contributed by atoms with Gasteiger partial charge in [0.1, 0.15) is 0 Å². The van der Waals surface area contributed by atoms with Crippen LogP contribution in [-0.4, -0.2) is 37.5 Å². The Kier molecular flexibility index (Phi) is 7.00. The van der Waals surface area contributed by atoms with Gasteiger partial charge in [-0.05, 0) is 37.3 Å². The fraction of sp³-hybridized carbons (Fsp3) is 0.522. The third-order valence-corrected chi connectivity index (χ3v) is 5.49. The Bertz CT molecular complexity index is 1090. The van der Waals surface area contributed by atoms with Gasteiger partial charge in [-0.25, -0.2) is 4.99 Å². The van der Waals surface area contributed by atoms with Gasteiger partial charge in [-0.1, -0.05) is 45.9 Å². The van der Waals surface area contributed by atoms with E-state index in [4.69, 9.17) is 15.7 Å². The van der Waals surface area contributed by atoms with Gasteiger partial charge in [0.05, 0.1) is 23.9 Å². The number of nitrogens with zero attached hydrogens (tertiary/aromatic N) is 4. The van der Waals surface area contributed by atoms with Crippen molar-refractivity contribution < 1.29 is 5.11 Å². The predicted octanol–water partition coefficient (Wildman–Crippen LogP) is 3.58. The first-order valence-electron chi connectivity index (χ1n) is 11.0. The number of fused-ring (bicyclic) bond motifs is 1. The number of H-pyrrole nitrogens is 1. The minimum Gasteiger partial charge on any atom is -0.398 e. The molecule has 1 aromatic carbocycles. The first kappa shape index (κ1) is 22.8. The molecule has 0 amide bonds. The number of anilines is 2. The molecule has 0 bridgehead atoms. The fourth-order valence-corrected chi connectivity index (χ4v) is 3.59. The maximum Gasteiger partial charge on any atom is 0.228 e. The minimum absolute atomic E-state index is 0.0266. The van der Waals surface area contributed by atoms with Crippen LogP contribution >= 0.6 is 0 Å². The van der Waals surface area contributed by atoms with E-state index in [2.05, 4.69) is 61.6 Å². The van der Waals surface area contributed by atoms with Crippen molar-refractivity contribution in [1.82, 2.24) is 19.7 Å². The van der Waals surface area contributed by atoms with Crippen LogP contribution in [0.2, 0.25) is 0 Å². The van der Waals surface area contributed by atoms with E-state index in [9.17, 15) is 5.11 Å². The molecule has 1 unspecified atom stereocenters. The van der Waals surface area contributed by atoms with Crippen LogP contribution in [0.3, 0.4) is 0 Å². The molecular weight excluding hydrogens is 390 g/mol. The summed E-state index contributed by atoms with van der Waals surface area (Å²) in [4.78, 5) is 9.72. The quantitative estimate of drug-likeness (QED) is 0.412. The Morgan fingerprint density at radius 1 is 1.16 bits per heavy atom. The highest BCUT2D eigenvalue weighted by molar-refractivity contribution is 5.87. The second kappa shape index (κ2) is 9.51. The Morgan fingerprint density at radius 3 is 2.45 bits per heavy atom. The van der Waals surface area contributed by atoms with Crippen LogP contribution in [-0.2, 0) is 6.54 Å². The number of aromatic amines is 1. The van der Waals surface area contributed by atoms with Crippen LogP contribution in [0.15, 0.2) is 29.3 Å². The molecule has 0 aliphatic rings. The maximum atomic E-state index is 9.88. The summed E-state index contributed by atoms with van der Waals surface area (Å²) in [5.74, 6) is 1.09. The number of aliphatic hydroxyl groups excluding tert-OH is 1. The summed E-state index contributed by atoms with van der Waals surface area (Å²) in [6.45, 7) is 13.1. The SMILES string of the molecule is CC(C)c1[nH]nc2c(NCc3ccccc3N)nc(=NC(CO)C(C)C)n(C(C)C)c12. The monoisotopic (exact) mass is 425 g/mol. The zero-order valence-corrected chi connectivity index (χ0v) is 19.3. The van der Waals surface area contributed by atoms with Crippen LogP contribution in [0.5, 0.6) is 0 Å². The normalized spacial score (nSPS) is 13.7. The first-order chi connectivity index (χ1) is 14.7. The zero-order chi connectivity index (χ0) is 22.7. The lowest BCUT2D eigenvalue weighted by Crippen LogP contribution is -2.32. The fourth-order valence-electron chi connectivity index (χ4n) is 3.59.